The van der Waals surface area contributed by atoms with E-state index in [4.69, 9.17) is 28.4 Å². The Balaban J connectivity index is 1.66. The van der Waals surface area contributed by atoms with Gasteiger partial charge in [0.2, 0.25) is 6.29 Å². The summed E-state index contributed by atoms with van der Waals surface area (Å²) < 4.78 is 33.9. The Morgan fingerprint density at radius 1 is 0.696 bits per heavy atom. The predicted molar refractivity (Wildman–Crippen MR) is 161 cm³/mol. The zero-order valence-electron chi connectivity index (χ0n) is 25.6. The van der Waals surface area contributed by atoms with Gasteiger partial charge in [0, 0.05) is 20.8 Å². The molecule has 1 amide bonds. The highest BCUT2D eigenvalue weighted by Crippen LogP contribution is 2.29. The Kier molecular flexibility index (Phi) is 11.8. The Bertz CT molecular complexity index is 1510. The first kappa shape index (κ1) is 33.7. The van der Waals surface area contributed by atoms with E-state index in [1.165, 1.54) is 13.0 Å². The minimum Gasteiger partial charge on any atom is -0.488 e. The summed E-state index contributed by atoms with van der Waals surface area (Å²) in [5.41, 5.74) is 1.65. The maximum absolute atomic E-state index is 13.8. The van der Waals surface area contributed by atoms with Crippen LogP contribution in [0.4, 0.5) is 0 Å². The smallest absolute Gasteiger partial charge is 0.312 e. The van der Waals surface area contributed by atoms with Crippen molar-refractivity contribution in [3.63, 3.8) is 0 Å². The molecular formula is C34H35NO11. The topological polar surface area (TPSA) is 153 Å². The van der Waals surface area contributed by atoms with Crippen molar-refractivity contribution in [2.45, 2.75) is 64.4 Å². The van der Waals surface area contributed by atoms with E-state index in [1.807, 2.05) is 30.3 Å². The van der Waals surface area contributed by atoms with Gasteiger partial charge in [-0.25, -0.2) is 0 Å². The average Bonchev–Trinajstić information content (AvgIpc) is 3.02. The van der Waals surface area contributed by atoms with Gasteiger partial charge in [0.05, 0.1) is 12.0 Å². The molecule has 12 heteroatoms. The molecule has 0 aromatic heterocycles. The van der Waals surface area contributed by atoms with Gasteiger partial charge in [0.25, 0.3) is 5.91 Å². The molecular weight excluding hydrogens is 598 g/mol. The van der Waals surface area contributed by atoms with E-state index in [2.05, 4.69) is 5.32 Å². The van der Waals surface area contributed by atoms with E-state index in [1.54, 1.807) is 48.5 Å². The zero-order valence-corrected chi connectivity index (χ0v) is 25.6. The molecule has 3 aromatic rings. The highest BCUT2D eigenvalue weighted by atomic mass is 16.7. The van der Waals surface area contributed by atoms with Crippen molar-refractivity contribution < 1.29 is 52.4 Å². The summed E-state index contributed by atoms with van der Waals surface area (Å²) in [7, 11) is 0. The quantitative estimate of drug-likeness (QED) is 0.231. The van der Waals surface area contributed by atoms with E-state index < -0.39 is 67.0 Å². The highest BCUT2D eigenvalue weighted by Gasteiger charge is 2.52. The average molecular weight is 634 g/mol. The summed E-state index contributed by atoms with van der Waals surface area (Å²) >= 11 is 0. The van der Waals surface area contributed by atoms with Gasteiger partial charge in [-0.1, -0.05) is 72.8 Å². The largest absolute Gasteiger partial charge is 0.488 e. The van der Waals surface area contributed by atoms with E-state index in [0.717, 1.165) is 19.4 Å². The van der Waals surface area contributed by atoms with Crippen molar-refractivity contribution in [2.75, 3.05) is 6.61 Å². The summed E-state index contributed by atoms with van der Waals surface area (Å²) in [5, 5.41) is 2.74. The third-order valence-electron chi connectivity index (χ3n) is 6.81. The molecule has 1 heterocycles. The van der Waals surface area contributed by atoms with Crippen LogP contribution in [0.15, 0.2) is 84.9 Å². The predicted octanol–water partition coefficient (Wildman–Crippen LogP) is 3.30. The summed E-state index contributed by atoms with van der Waals surface area (Å²) in [4.78, 5) is 63.1. The van der Waals surface area contributed by atoms with Gasteiger partial charge in [-0.2, -0.15) is 0 Å². The first-order valence-corrected chi connectivity index (χ1v) is 14.5. The molecule has 0 aliphatic carbocycles. The number of esters is 4. The molecule has 1 N–H and O–H groups in total. The molecule has 242 valence electrons. The minimum absolute atomic E-state index is 0.125. The van der Waals surface area contributed by atoms with Gasteiger partial charge >= 0.3 is 23.9 Å². The van der Waals surface area contributed by atoms with Crippen LogP contribution in [0.1, 0.15) is 42.3 Å². The van der Waals surface area contributed by atoms with Crippen LogP contribution in [0, 0.1) is 0 Å². The number of amides is 1. The molecule has 0 bridgehead atoms. The second kappa shape index (κ2) is 16.2. The lowest BCUT2D eigenvalue weighted by atomic mass is 9.95. The maximum atomic E-state index is 13.8. The first-order valence-electron chi connectivity index (χ1n) is 14.5. The molecule has 1 aliphatic rings. The second-order valence-electron chi connectivity index (χ2n) is 10.4. The molecule has 0 radical (unpaired) electrons. The van der Waals surface area contributed by atoms with Crippen LogP contribution >= 0.6 is 0 Å². The van der Waals surface area contributed by atoms with Crippen molar-refractivity contribution in [1.82, 2.24) is 5.32 Å². The fraction of sp³-hybridized carbons (Fsp3) is 0.324. The molecule has 1 fully saturated rings. The Morgan fingerprint density at radius 3 is 1.91 bits per heavy atom. The van der Waals surface area contributed by atoms with E-state index in [9.17, 15) is 24.0 Å². The van der Waals surface area contributed by atoms with Gasteiger partial charge < -0.3 is 33.7 Å². The SMILES string of the molecule is CC(=O)OC[C@H]1OC(OC(=O)Cc2ccccc2)[C@H](NC(=O)c2ccccc2OCc2ccccc2)[C@@H](OC(C)=O)[C@@H]1OC(C)=O. The molecule has 3 aromatic carbocycles. The maximum Gasteiger partial charge on any atom is 0.312 e. The number of rotatable bonds is 12. The fourth-order valence-electron chi connectivity index (χ4n) is 4.83. The Hall–Kier alpha value is -5.23. The molecule has 12 nitrogen and oxygen atoms in total. The standard InChI is InChI=1S/C34H35NO11/c1-21(36)41-20-28-31(43-22(2)37)32(44-23(3)38)30(34(45-28)46-29(39)18-24-12-6-4-7-13-24)35-33(40)26-16-10-11-17-27(26)42-19-25-14-8-5-9-15-25/h4-17,28,30-32,34H,18-20H2,1-3H3,(H,35,40)/t28-,30-,31-,32-,34?/m1/s1. The Labute approximate surface area is 265 Å². The first-order chi connectivity index (χ1) is 22.1. The number of para-hydroxylation sites is 1. The molecule has 1 unspecified atom stereocenters. The molecule has 5 atom stereocenters. The zero-order chi connectivity index (χ0) is 33.1. The van der Waals surface area contributed by atoms with Crippen molar-refractivity contribution in [3.8, 4) is 5.75 Å². The van der Waals surface area contributed by atoms with Crippen molar-refractivity contribution in [2.24, 2.45) is 0 Å². The van der Waals surface area contributed by atoms with Crippen molar-refractivity contribution in [3.05, 3.63) is 102 Å². The molecule has 0 spiro atoms. The third-order valence-corrected chi connectivity index (χ3v) is 6.81. The van der Waals surface area contributed by atoms with Gasteiger partial charge in [-0.15, -0.1) is 0 Å². The molecule has 4 rings (SSSR count). The molecule has 1 saturated heterocycles. The summed E-state index contributed by atoms with van der Waals surface area (Å²) in [6.07, 6.45) is -5.72. The summed E-state index contributed by atoms with van der Waals surface area (Å²) in [6, 6.07) is 23.2. The van der Waals surface area contributed by atoms with Crippen LogP contribution < -0.4 is 10.1 Å². The Morgan fingerprint density at radius 2 is 1.28 bits per heavy atom. The van der Waals surface area contributed by atoms with Gasteiger partial charge in [0.15, 0.2) is 12.2 Å². The van der Waals surface area contributed by atoms with Crippen molar-refractivity contribution >= 4 is 29.8 Å². The molecule has 1 aliphatic heterocycles. The summed E-state index contributed by atoms with van der Waals surface area (Å²) in [6.45, 7) is 3.18. The van der Waals surface area contributed by atoms with Gasteiger partial charge in [0.1, 0.15) is 31.1 Å². The highest BCUT2D eigenvalue weighted by molar-refractivity contribution is 5.97. The lowest BCUT2D eigenvalue weighted by Crippen LogP contribution is -2.67. The number of hydrogen-bond acceptors (Lipinski definition) is 11. The van der Waals surface area contributed by atoms with Crippen LogP contribution in [0.25, 0.3) is 0 Å². The second-order valence-corrected chi connectivity index (χ2v) is 10.4. The lowest BCUT2D eigenvalue weighted by molar-refractivity contribution is -0.270. The number of hydrogen-bond donors (Lipinski definition) is 1. The molecule has 46 heavy (non-hydrogen) atoms. The van der Waals surface area contributed by atoms with Crippen LogP contribution in [-0.4, -0.2) is 67.0 Å². The van der Waals surface area contributed by atoms with Gasteiger partial charge in [-0.3, -0.25) is 24.0 Å². The van der Waals surface area contributed by atoms with Crippen LogP contribution in [0.5, 0.6) is 5.75 Å². The van der Waals surface area contributed by atoms with Crippen LogP contribution in [-0.2, 0) is 55.9 Å². The lowest BCUT2D eigenvalue weighted by Gasteiger charge is -2.44. The molecule has 0 saturated carbocycles. The third kappa shape index (κ3) is 9.63. The van der Waals surface area contributed by atoms with E-state index in [-0.39, 0.29) is 24.3 Å². The minimum atomic E-state index is -1.56. The van der Waals surface area contributed by atoms with Crippen LogP contribution in [0.2, 0.25) is 0 Å². The monoisotopic (exact) mass is 633 g/mol. The number of carbonyl (C=O) groups excluding carboxylic acids is 5. The number of benzene rings is 3. The van der Waals surface area contributed by atoms with Gasteiger partial charge in [-0.05, 0) is 23.3 Å². The summed E-state index contributed by atoms with van der Waals surface area (Å²) in [5.74, 6) is -3.35. The van der Waals surface area contributed by atoms with E-state index in [0.29, 0.717) is 5.56 Å². The number of carbonyl (C=O) groups is 5. The number of ether oxygens (including phenoxy) is 6. The number of nitrogens with one attached hydrogen (secondary N) is 1. The van der Waals surface area contributed by atoms with E-state index >= 15 is 0 Å². The van der Waals surface area contributed by atoms with Crippen LogP contribution in [0.3, 0.4) is 0 Å². The normalized spacial score (nSPS) is 20.5. The fourth-order valence-corrected chi connectivity index (χ4v) is 4.83. The van der Waals surface area contributed by atoms with Crippen molar-refractivity contribution in [1.29, 1.82) is 0 Å².